The Hall–Kier alpha value is -0.820. The van der Waals surface area contributed by atoms with Crippen LogP contribution in [0.4, 0.5) is 0 Å². The van der Waals surface area contributed by atoms with Crippen LogP contribution in [-0.2, 0) is 0 Å². The van der Waals surface area contributed by atoms with Gasteiger partial charge in [-0.05, 0) is 37.0 Å². The topological polar surface area (TPSA) is 26.0 Å². The maximum Gasteiger partial charge on any atom is 0.0297 e. The highest BCUT2D eigenvalue weighted by Crippen LogP contribution is 2.21. The summed E-state index contributed by atoms with van der Waals surface area (Å²) < 4.78 is 0. The summed E-state index contributed by atoms with van der Waals surface area (Å²) in [4.78, 5) is 0. The average molecular weight is 207 g/mol. The van der Waals surface area contributed by atoms with Crippen LogP contribution in [0.25, 0.3) is 0 Å². The molecule has 0 aliphatic carbocycles. The Morgan fingerprint density at radius 2 is 1.80 bits per heavy atom. The van der Waals surface area contributed by atoms with Crippen LogP contribution in [0, 0.1) is 13.8 Å². The SMILES string of the molecule is CC.CCCC(N)c1cccc(C)c1C. The Morgan fingerprint density at radius 1 is 1.20 bits per heavy atom. The molecule has 0 radical (unpaired) electrons. The van der Waals surface area contributed by atoms with Gasteiger partial charge in [0.25, 0.3) is 0 Å². The number of benzene rings is 1. The van der Waals surface area contributed by atoms with E-state index >= 15 is 0 Å². The summed E-state index contributed by atoms with van der Waals surface area (Å²) in [6.07, 6.45) is 2.22. The molecule has 86 valence electrons. The van der Waals surface area contributed by atoms with Gasteiger partial charge in [-0.15, -0.1) is 0 Å². The Kier molecular flexibility index (Phi) is 7.06. The lowest BCUT2D eigenvalue weighted by molar-refractivity contribution is 0.634. The molecule has 1 unspecified atom stereocenters. The minimum atomic E-state index is 0.213. The largest absolute Gasteiger partial charge is 0.324 e. The van der Waals surface area contributed by atoms with Gasteiger partial charge in [0.15, 0.2) is 0 Å². The Balaban J connectivity index is 0.000000921. The van der Waals surface area contributed by atoms with Gasteiger partial charge in [0, 0.05) is 6.04 Å². The van der Waals surface area contributed by atoms with Crippen LogP contribution in [-0.4, -0.2) is 0 Å². The fourth-order valence-electron chi connectivity index (χ4n) is 1.64. The van der Waals surface area contributed by atoms with Gasteiger partial charge in [-0.3, -0.25) is 0 Å². The molecule has 0 aliphatic rings. The van der Waals surface area contributed by atoms with Crippen LogP contribution in [0.15, 0.2) is 18.2 Å². The molecule has 0 saturated carbocycles. The number of hydrogen-bond donors (Lipinski definition) is 1. The van der Waals surface area contributed by atoms with Gasteiger partial charge in [-0.1, -0.05) is 45.4 Å². The molecule has 1 rings (SSSR count). The van der Waals surface area contributed by atoms with Crippen LogP contribution in [0.2, 0.25) is 0 Å². The summed E-state index contributed by atoms with van der Waals surface area (Å²) in [6, 6.07) is 6.58. The first-order valence-corrected chi connectivity index (χ1v) is 5.98. The molecule has 2 N–H and O–H groups in total. The molecule has 1 nitrogen and oxygen atoms in total. The molecule has 0 fully saturated rings. The summed E-state index contributed by atoms with van der Waals surface area (Å²) in [7, 11) is 0. The van der Waals surface area contributed by atoms with E-state index in [0.717, 1.165) is 12.8 Å². The summed E-state index contributed by atoms with van der Waals surface area (Å²) >= 11 is 0. The Labute approximate surface area is 94.7 Å². The van der Waals surface area contributed by atoms with Crippen LogP contribution >= 0.6 is 0 Å². The first-order chi connectivity index (χ1) is 7.16. The fourth-order valence-corrected chi connectivity index (χ4v) is 1.64. The van der Waals surface area contributed by atoms with Crippen molar-refractivity contribution in [2.24, 2.45) is 5.73 Å². The predicted molar refractivity (Wildman–Crippen MR) is 69.1 cm³/mol. The van der Waals surface area contributed by atoms with Crippen molar-refractivity contribution in [3.8, 4) is 0 Å². The van der Waals surface area contributed by atoms with Crippen molar-refractivity contribution in [3.63, 3.8) is 0 Å². The molecular weight excluding hydrogens is 182 g/mol. The molecule has 1 heteroatoms. The quantitative estimate of drug-likeness (QED) is 0.792. The van der Waals surface area contributed by atoms with Gasteiger partial charge >= 0.3 is 0 Å². The van der Waals surface area contributed by atoms with E-state index in [4.69, 9.17) is 5.73 Å². The maximum atomic E-state index is 6.08. The number of aryl methyl sites for hydroxylation is 1. The zero-order valence-electron chi connectivity index (χ0n) is 10.8. The molecule has 0 amide bonds. The molecular formula is C14H25N. The highest BCUT2D eigenvalue weighted by molar-refractivity contribution is 5.35. The van der Waals surface area contributed by atoms with Gasteiger partial charge in [-0.2, -0.15) is 0 Å². The lowest BCUT2D eigenvalue weighted by atomic mass is 9.95. The second-order valence-corrected chi connectivity index (χ2v) is 3.68. The highest BCUT2D eigenvalue weighted by atomic mass is 14.6. The minimum absolute atomic E-state index is 0.213. The van der Waals surface area contributed by atoms with Crippen LogP contribution in [0.1, 0.15) is 56.3 Å². The van der Waals surface area contributed by atoms with E-state index in [2.05, 4.69) is 39.0 Å². The summed E-state index contributed by atoms with van der Waals surface area (Å²) in [5.74, 6) is 0. The van der Waals surface area contributed by atoms with E-state index in [9.17, 15) is 0 Å². The van der Waals surface area contributed by atoms with Crippen molar-refractivity contribution in [1.82, 2.24) is 0 Å². The Bertz CT molecular complexity index is 279. The molecule has 0 aromatic heterocycles. The van der Waals surface area contributed by atoms with E-state index in [1.54, 1.807) is 0 Å². The molecule has 15 heavy (non-hydrogen) atoms. The van der Waals surface area contributed by atoms with Crippen molar-refractivity contribution in [2.45, 2.75) is 53.5 Å². The number of hydrogen-bond acceptors (Lipinski definition) is 1. The molecule has 1 aromatic carbocycles. The Morgan fingerprint density at radius 3 is 2.33 bits per heavy atom. The van der Waals surface area contributed by atoms with Gasteiger partial charge in [-0.25, -0.2) is 0 Å². The van der Waals surface area contributed by atoms with Crippen molar-refractivity contribution in [3.05, 3.63) is 34.9 Å². The summed E-state index contributed by atoms with van der Waals surface area (Å²) in [5, 5.41) is 0. The average Bonchev–Trinajstić information content (AvgIpc) is 2.25. The maximum absolute atomic E-state index is 6.08. The van der Waals surface area contributed by atoms with E-state index in [1.165, 1.54) is 16.7 Å². The second-order valence-electron chi connectivity index (χ2n) is 3.68. The fraction of sp³-hybridized carbons (Fsp3) is 0.571. The van der Waals surface area contributed by atoms with E-state index in [0.29, 0.717) is 0 Å². The number of rotatable bonds is 3. The third kappa shape index (κ3) is 4.05. The number of nitrogens with two attached hydrogens (primary N) is 1. The van der Waals surface area contributed by atoms with E-state index in [-0.39, 0.29) is 6.04 Å². The van der Waals surface area contributed by atoms with Crippen molar-refractivity contribution >= 4 is 0 Å². The van der Waals surface area contributed by atoms with Gasteiger partial charge < -0.3 is 5.73 Å². The third-order valence-electron chi connectivity index (χ3n) is 2.65. The van der Waals surface area contributed by atoms with Gasteiger partial charge in [0.05, 0.1) is 0 Å². The standard InChI is InChI=1S/C12H19N.C2H6/c1-4-6-12(13)11-8-5-7-9(2)10(11)3;1-2/h5,7-8,12H,4,6,13H2,1-3H3;1-2H3. The van der Waals surface area contributed by atoms with Crippen LogP contribution in [0.5, 0.6) is 0 Å². The van der Waals surface area contributed by atoms with Crippen LogP contribution in [0.3, 0.4) is 0 Å². The minimum Gasteiger partial charge on any atom is -0.324 e. The third-order valence-corrected chi connectivity index (χ3v) is 2.65. The predicted octanol–water partition coefficient (Wildman–Crippen LogP) is 4.13. The zero-order chi connectivity index (χ0) is 11.8. The van der Waals surface area contributed by atoms with Crippen molar-refractivity contribution in [2.75, 3.05) is 0 Å². The lowest BCUT2D eigenvalue weighted by Crippen LogP contribution is -2.11. The van der Waals surface area contributed by atoms with Crippen LogP contribution < -0.4 is 5.73 Å². The smallest absolute Gasteiger partial charge is 0.0297 e. The van der Waals surface area contributed by atoms with Crippen molar-refractivity contribution < 1.29 is 0 Å². The summed E-state index contributed by atoms with van der Waals surface area (Å²) in [6.45, 7) is 10.5. The molecule has 0 heterocycles. The molecule has 0 saturated heterocycles. The first kappa shape index (κ1) is 14.2. The van der Waals surface area contributed by atoms with Gasteiger partial charge in [0.1, 0.15) is 0 Å². The second kappa shape index (κ2) is 7.47. The molecule has 0 spiro atoms. The van der Waals surface area contributed by atoms with Crippen molar-refractivity contribution in [1.29, 1.82) is 0 Å². The summed E-state index contributed by atoms with van der Waals surface area (Å²) in [5.41, 5.74) is 10.1. The van der Waals surface area contributed by atoms with Gasteiger partial charge in [0.2, 0.25) is 0 Å². The lowest BCUT2D eigenvalue weighted by Gasteiger charge is -2.15. The monoisotopic (exact) mass is 207 g/mol. The highest BCUT2D eigenvalue weighted by Gasteiger charge is 2.08. The molecule has 1 atom stereocenters. The molecule has 1 aromatic rings. The van der Waals surface area contributed by atoms with E-state index in [1.807, 2.05) is 13.8 Å². The normalized spacial score (nSPS) is 11.6. The first-order valence-electron chi connectivity index (χ1n) is 5.98. The molecule has 0 aliphatic heterocycles. The van der Waals surface area contributed by atoms with E-state index < -0.39 is 0 Å². The molecule has 0 bridgehead atoms. The zero-order valence-corrected chi connectivity index (χ0v) is 10.8.